The zero-order valence-electron chi connectivity index (χ0n) is 8.96. The number of nitrogens with zero attached hydrogens (tertiary/aromatic N) is 1. The number of nitrogens with two attached hydrogens (primary N) is 1. The molecule has 0 saturated carbocycles. The van der Waals surface area contributed by atoms with Crippen molar-refractivity contribution in [3.8, 4) is 0 Å². The molecule has 0 aliphatic rings. The van der Waals surface area contributed by atoms with Crippen LogP contribution >= 0.6 is 0 Å². The predicted octanol–water partition coefficient (Wildman–Crippen LogP) is 1.57. The van der Waals surface area contributed by atoms with Gasteiger partial charge >= 0.3 is 5.97 Å². The maximum absolute atomic E-state index is 12.6. The van der Waals surface area contributed by atoms with Crippen molar-refractivity contribution in [1.29, 1.82) is 0 Å². The fourth-order valence-electron chi connectivity index (χ4n) is 1.39. The van der Waals surface area contributed by atoms with Crippen molar-refractivity contribution in [3.63, 3.8) is 0 Å². The molecule has 0 aromatic carbocycles. The van der Waals surface area contributed by atoms with E-state index in [1.54, 1.807) is 6.92 Å². The first-order valence-electron chi connectivity index (χ1n) is 4.57. The third-order valence-electron chi connectivity index (χ3n) is 2.29. The molecule has 1 aromatic heterocycles. The van der Waals surface area contributed by atoms with Crippen LogP contribution < -0.4 is 5.73 Å². The lowest BCUT2D eigenvalue weighted by molar-refractivity contribution is 0.0586. The van der Waals surface area contributed by atoms with E-state index in [0.717, 1.165) is 7.11 Å². The first kappa shape index (κ1) is 12.5. The van der Waals surface area contributed by atoms with Crippen LogP contribution in [0.2, 0.25) is 0 Å². The van der Waals surface area contributed by atoms with Crippen LogP contribution in [0.15, 0.2) is 6.20 Å². The number of carbonyl (C=O) groups excluding carboxylic acids is 1. The Morgan fingerprint density at radius 3 is 2.69 bits per heavy atom. The van der Waals surface area contributed by atoms with Gasteiger partial charge in [0, 0.05) is 12.7 Å². The molecule has 88 valence electrons. The highest BCUT2D eigenvalue weighted by molar-refractivity contribution is 5.92. The fraction of sp³-hybridized carbons (Fsp3) is 0.400. The summed E-state index contributed by atoms with van der Waals surface area (Å²) in [7, 11) is 1.13. The number of esters is 1. The number of carbonyl (C=O) groups is 1. The van der Waals surface area contributed by atoms with E-state index in [0.29, 0.717) is 11.1 Å². The quantitative estimate of drug-likeness (QED) is 0.800. The number of alkyl halides is 2. The molecule has 0 saturated heterocycles. The van der Waals surface area contributed by atoms with Gasteiger partial charge < -0.3 is 10.5 Å². The molecule has 0 aliphatic carbocycles. The molecule has 6 heteroatoms. The molecule has 2 N–H and O–H groups in total. The molecular weight excluding hydrogens is 218 g/mol. The van der Waals surface area contributed by atoms with Crippen molar-refractivity contribution in [2.75, 3.05) is 7.11 Å². The molecule has 4 nitrogen and oxygen atoms in total. The average Bonchev–Trinajstić information content (AvgIpc) is 2.27. The Morgan fingerprint density at radius 2 is 2.25 bits per heavy atom. The molecule has 0 unspecified atom stereocenters. The molecule has 0 bridgehead atoms. The molecule has 0 radical (unpaired) electrons. The highest BCUT2D eigenvalue weighted by Gasteiger charge is 2.24. The Labute approximate surface area is 91.4 Å². The van der Waals surface area contributed by atoms with Gasteiger partial charge in [0.2, 0.25) is 0 Å². The summed E-state index contributed by atoms with van der Waals surface area (Å²) in [5.41, 5.74) is 5.58. The number of hydrogen-bond donors (Lipinski definition) is 1. The van der Waals surface area contributed by atoms with Crippen molar-refractivity contribution in [3.05, 3.63) is 28.6 Å². The lowest BCUT2D eigenvalue weighted by atomic mass is 10.0. The molecule has 0 amide bonds. The monoisotopic (exact) mass is 230 g/mol. The van der Waals surface area contributed by atoms with Gasteiger partial charge in [-0.1, -0.05) is 0 Å². The van der Waals surface area contributed by atoms with Gasteiger partial charge in [0.05, 0.1) is 12.7 Å². The smallest absolute Gasteiger partial charge is 0.340 e. The number of rotatable bonds is 3. The SMILES string of the molecule is COC(=O)c1c(C(F)F)ncc(CN)c1C. The van der Waals surface area contributed by atoms with E-state index in [4.69, 9.17) is 5.73 Å². The summed E-state index contributed by atoms with van der Waals surface area (Å²) >= 11 is 0. The van der Waals surface area contributed by atoms with Crippen LogP contribution in [0.1, 0.15) is 33.6 Å². The van der Waals surface area contributed by atoms with Gasteiger partial charge in [-0.2, -0.15) is 0 Å². The van der Waals surface area contributed by atoms with Crippen LogP contribution in [0.3, 0.4) is 0 Å². The van der Waals surface area contributed by atoms with E-state index < -0.39 is 18.1 Å². The number of halogens is 2. The molecule has 0 fully saturated rings. The molecule has 0 spiro atoms. The summed E-state index contributed by atoms with van der Waals surface area (Å²) in [6, 6.07) is 0. The summed E-state index contributed by atoms with van der Waals surface area (Å²) < 4.78 is 29.7. The van der Waals surface area contributed by atoms with E-state index in [2.05, 4.69) is 9.72 Å². The first-order chi connectivity index (χ1) is 7.52. The largest absolute Gasteiger partial charge is 0.465 e. The topological polar surface area (TPSA) is 65.2 Å². The van der Waals surface area contributed by atoms with Crippen molar-refractivity contribution in [1.82, 2.24) is 4.98 Å². The summed E-state index contributed by atoms with van der Waals surface area (Å²) in [6.45, 7) is 1.67. The van der Waals surface area contributed by atoms with E-state index in [1.807, 2.05) is 0 Å². The molecule has 1 aromatic rings. The van der Waals surface area contributed by atoms with E-state index in [9.17, 15) is 13.6 Å². The van der Waals surface area contributed by atoms with Crippen LogP contribution in [-0.4, -0.2) is 18.1 Å². The Balaban J connectivity index is 3.42. The number of aromatic nitrogens is 1. The van der Waals surface area contributed by atoms with Gasteiger partial charge in [0.15, 0.2) is 0 Å². The molecule has 0 aliphatic heterocycles. The third kappa shape index (κ3) is 2.16. The molecule has 0 atom stereocenters. The van der Waals surface area contributed by atoms with Crippen LogP contribution in [0.5, 0.6) is 0 Å². The normalized spacial score (nSPS) is 10.6. The minimum absolute atomic E-state index is 0.131. The predicted molar refractivity (Wildman–Crippen MR) is 53.2 cm³/mol. The van der Waals surface area contributed by atoms with Crippen molar-refractivity contribution in [2.45, 2.75) is 19.9 Å². The number of hydrogen-bond acceptors (Lipinski definition) is 4. The van der Waals surface area contributed by atoms with Gasteiger partial charge in [-0.15, -0.1) is 0 Å². The van der Waals surface area contributed by atoms with Crippen molar-refractivity contribution in [2.24, 2.45) is 5.73 Å². The second-order valence-corrected chi connectivity index (χ2v) is 3.17. The van der Waals surface area contributed by atoms with Crippen LogP contribution in [0.4, 0.5) is 8.78 Å². The summed E-state index contributed by atoms with van der Waals surface area (Å²) in [5.74, 6) is -0.824. The Morgan fingerprint density at radius 1 is 1.62 bits per heavy atom. The molecular formula is C10H12F2N2O2. The second kappa shape index (κ2) is 4.98. The number of pyridine rings is 1. The lowest BCUT2D eigenvalue weighted by Crippen LogP contribution is -2.14. The average molecular weight is 230 g/mol. The van der Waals surface area contributed by atoms with Crippen LogP contribution in [0.25, 0.3) is 0 Å². The second-order valence-electron chi connectivity index (χ2n) is 3.17. The van der Waals surface area contributed by atoms with E-state index in [1.165, 1.54) is 6.20 Å². The fourth-order valence-corrected chi connectivity index (χ4v) is 1.39. The molecule has 16 heavy (non-hydrogen) atoms. The highest BCUT2D eigenvalue weighted by Crippen LogP contribution is 2.25. The Hall–Kier alpha value is -1.56. The van der Waals surface area contributed by atoms with E-state index >= 15 is 0 Å². The van der Waals surface area contributed by atoms with Crippen LogP contribution in [-0.2, 0) is 11.3 Å². The summed E-state index contributed by atoms with van der Waals surface area (Å²) in [6.07, 6.45) is -1.57. The standard InChI is InChI=1S/C10H12F2N2O2/c1-5-6(3-13)4-14-8(9(11)12)7(5)10(15)16-2/h4,9H,3,13H2,1-2H3. The van der Waals surface area contributed by atoms with Crippen LogP contribution in [0, 0.1) is 6.92 Å². The zero-order chi connectivity index (χ0) is 12.3. The zero-order valence-corrected chi connectivity index (χ0v) is 8.96. The van der Waals surface area contributed by atoms with Gasteiger partial charge in [-0.25, -0.2) is 13.6 Å². The Kier molecular flexibility index (Phi) is 3.89. The van der Waals surface area contributed by atoms with Crippen molar-refractivity contribution < 1.29 is 18.3 Å². The maximum Gasteiger partial charge on any atom is 0.340 e. The van der Waals surface area contributed by atoms with Gasteiger partial charge in [0.25, 0.3) is 6.43 Å². The van der Waals surface area contributed by atoms with Crippen molar-refractivity contribution >= 4 is 5.97 Å². The minimum atomic E-state index is -2.82. The third-order valence-corrected chi connectivity index (χ3v) is 2.29. The maximum atomic E-state index is 12.6. The first-order valence-corrected chi connectivity index (χ1v) is 4.57. The van der Waals surface area contributed by atoms with Gasteiger partial charge in [0.1, 0.15) is 5.69 Å². The number of methoxy groups -OCH3 is 1. The lowest BCUT2D eigenvalue weighted by Gasteiger charge is -2.12. The molecule has 1 heterocycles. The van der Waals surface area contributed by atoms with E-state index in [-0.39, 0.29) is 12.1 Å². The summed E-state index contributed by atoms with van der Waals surface area (Å²) in [5, 5.41) is 0. The molecule has 1 rings (SSSR count). The number of ether oxygens (including phenoxy) is 1. The summed E-state index contributed by atoms with van der Waals surface area (Å²) in [4.78, 5) is 14.9. The highest BCUT2D eigenvalue weighted by atomic mass is 19.3. The van der Waals surface area contributed by atoms with Gasteiger partial charge in [-0.05, 0) is 18.1 Å². The van der Waals surface area contributed by atoms with Gasteiger partial charge in [-0.3, -0.25) is 4.98 Å². The minimum Gasteiger partial charge on any atom is -0.465 e. The Bertz CT molecular complexity index is 408.